The fourth-order valence-corrected chi connectivity index (χ4v) is 10.2. The Bertz CT molecular complexity index is 2070. The highest BCUT2D eigenvalue weighted by Gasteiger charge is 2.62. The summed E-state index contributed by atoms with van der Waals surface area (Å²) in [4.78, 5) is 62.8. The fraction of sp³-hybridized carbons (Fsp3) is 0.585. The van der Waals surface area contributed by atoms with E-state index in [4.69, 9.17) is 23.9 Å². The zero-order valence-corrected chi connectivity index (χ0v) is 33.0. The molecule has 2 saturated heterocycles. The van der Waals surface area contributed by atoms with E-state index in [0.717, 1.165) is 43.1 Å². The van der Waals surface area contributed by atoms with E-state index in [9.17, 15) is 27.6 Å². The van der Waals surface area contributed by atoms with E-state index in [1.165, 1.54) is 11.0 Å². The first-order valence-corrected chi connectivity index (χ1v) is 21.7. The molecule has 4 heterocycles. The SMILES string of the molecule is C=CC1C[C@]1(NC(=O)[C@@H]1C[C@@H]2CN1C(=O)[C@H](C1CCCC1)NC(=O)O[C@@H]1COC[C@H]1CCC/C=C/c1cc3ccc(OC)cc3nc1O2)C(=O)NS(=O)(=O)C1CC1. The Morgan fingerprint density at radius 1 is 1.05 bits per heavy atom. The summed E-state index contributed by atoms with van der Waals surface area (Å²) in [6, 6.07) is 5.46. The Kier molecular flexibility index (Phi) is 10.9. The van der Waals surface area contributed by atoms with Gasteiger partial charge in [-0.05, 0) is 75.5 Å². The summed E-state index contributed by atoms with van der Waals surface area (Å²) in [7, 11) is -2.33. The van der Waals surface area contributed by atoms with E-state index in [2.05, 4.69) is 21.9 Å². The molecule has 306 valence electrons. The Labute approximate surface area is 332 Å². The molecule has 2 bridgehead atoms. The number of hydrogen-bond donors (Lipinski definition) is 3. The van der Waals surface area contributed by atoms with Crippen LogP contribution in [0.3, 0.4) is 0 Å². The lowest BCUT2D eigenvalue weighted by Crippen LogP contribution is -2.59. The standard InChI is InChI=1S/C41H51N5O10S/c1-3-28-20-41(28,39(49)45-57(51,52)31-15-16-31)44-36(47)33-19-30-21-46(33)38(48)35(24-9-7-8-10-24)43-40(50)56-34-23-54-22-27(34)12-6-4-5-11-26-17-25-13-14-29(53-2)18-32(25)42-37(26)55-30/h3,5,11,13-14,17-18,24,27-28,30-31,33-35H,1,4,6-10,12,15-16,19-23H2,2H3,(H,43,50)(H,44,47)(H,45,49)/b11-5+/t27-,28?,30-,33+,34-,35+,41-/m1/s1. The van der Waals surface area contributed by atoms with Crippen molar-refractivity contribution in [3.8, 4) is 11.6 Å². The summed E-state index contributed by atoms with van der Waals surface area (Å²) in [6.45, 7) is 4.52. The lowest BCUT2D eigenvalue weighted by molar-refractivity contribution is -0.142. The van der Waals surface area contributed by atoms with Crippen molar-refractivity contribution in [2.45, 2.75) is 106 Å². The molecule has 3 saturated carbocycles. The molecule has 4 amide bonds. The molecule has 16 heteroatoms. The van der Waals surface area contributed by atoms with Gasteiger partial charge in [-0.25, -0.2) is 18.2 Å². The minimum absolute atomic E-state index is 0.00195. The van der Waals surface area contributed by atoms with Crippen molar-refractivity contribution in [2.75, 3.05) is 26.9 Å². The first kappa shape index (κ1) is 39.1. The molecule has 0 spiro atoms. The van der Waals surface area contributed by atoms with Crippen LogP contribution in [-0.2, 0) is 33.9 Å². The molecule has 3 aliphatic heterocycles. The molecule has 8 rings (SSSR count). The second kappa shape index (κ2) is 15.9. The van der Waals surface area contributed by atoms with Crippen molar-refractivity contribution >= 4 is 50.8 Å². The first-order valence-electron chi connectivity index (χ1n) is 20.2. The maximum Gasteiger partial charge on any atom is 0.408 e. The van der Waals surface area contributed by atoms with Gasteiger partial charge < -0.3 is 34.5 Å². The Hall–Kier alpha value is -4.70. The van der Waals surface area contributed by atoms with Crippen LogP contribution >= 0.6 is 0 Å². The van der Waals surface area contributed by atoms with Gasteiger partial charge >= 0.3 is 6.09 Å². The number of fused-ring (bicyclic) bond motifs is 5. The third kappa shape index (κ3) is 8.20. The molecule has 57 heavy (non-hydrogen) atoms. The average molecular weight is 806 g/mol. The molecule has 15 nitrogen and oxygen atoms in total. The monoisotopic (exact) mass is 805 g/mol. The van der Waals surface area contributed by atoms with Crippen LogP contribution in [-0.4, -0.2) is 104 Å². The highest BCUT2D eigenvalue weighted by molar-refractivity contribution is 7.91. The molecule has 1 aromatic carbocycles. The highest BCUT2D eigenvalue weighted by Crippen LogP contribution is 2.46. The van der Waals surface area contributed by atoms with Crippen LogP contribution < -0.4 is 24.8 Å². The molecule has 5 fully saturated rings. The third-order valence-corrected chi connectivity index (χ3v) is 14.3. The van der Waals surface area contributed by atoms with Crippen LogP contribution in [0, 0.1) is 17.8 Å². The van der Waals surface area contributed by atoms with Gasteiger partial charge in [0.15, 0.2) is 0 Å². The summed E-state index contributed by atoms with van der Waals surface area (Å²) in [6.07, 6.45) is 10.3. The molecule has 1 aromatic heterocycles. The zero-order chi connectivity index (χ0) is 39.9. The summed E-state index contributed by atoms with van der Waals surface area (Å²) in [5, 5.41) is 5.97. The van der Waals surface area contributed by atoms with E-state index >= 15 is 0 Å². The number of allylic oxidation sites excluding steroid dienone is 1. The normalized spacial score (nSPS) is 31.4. The van der Waals surface area contributed by atoms with Crippen molar-refractivity contribution < 1.29 is 46.5 Å². The Morgan fingerprint density at radius 3 is 2.58 bits per heavy atom. The number of amides is 4. The van der Waals surface area contributed by atoms with Gasteiger partial charge in [-0.1, -0.05) is 31.1 Å². The van der Waals surface area contributed by atoms with E-state index in [-0.39, 0.29) is 37.8 Å². The van der Waals surface area contributed by atoms with E-state index in [1.807, 2.05) is 36.4 Å². The zero-order valence-electron chi connectivity index (χ0n) is 32.2. The molecular weight excluding hydrogens is 755 g/mol. The first-order chi connectivity index (χ1) is 27.5. The van der Waals surface area contributed by atoms with E-state index in [1.54, 1.807) is 7.11 Å². The van der Waals surface area contributed by atoms with Crippen molar-refractivity contribution in [1.29, 1.82) is 0 Å². The lowest BCUT2D eigenvalue weighted by atomic mass is 9.96. The number of benzene rings is 1. The largest absolute Gasteiger partial charge is 0.497 e. The Balaban J connectivity index is 1.14. The summed E-state index contributed by atoms with van der Waals surface area (Å²) < 4.78 is 51.5. The van der Waals surface area contributed by atoms with Crippen LogP contribution in [0.25, 0.3) is 17.0 Å². The number of methoxy groups -OCH3 is 1. The summed E-state index contributed by atoms with van der Waals surface area (Å²) >= 11 is 0. The number of rotatable bonds is 8. The number of pyridine rings is 1. The number of alkyl carbamates (subject to hydrolysis) is 1. The summed E-state index contributed by atoms with van der Waals surface area (Å²) in [5.74, 6) is -1.70. The fourth-order valence-electron chi connectivity index (χ4n) is 8.87. The number of hydrogen-bond acceptors (Lipinski definition) is 11. The second-order valence-corrected chi connectivity index (χ2v) is 18.3. The third-order valence-electron chi connectivity index (χ3n) is 12.4. The molecule has 3 aliphatic carbocycles. The van der Waals surface area contributed by atoms with Crippen LogP contribution in [0.2, 0.25) is 0 Å². The number of carbonyl (C=O) groups excluding carboxylic acids is 4. The number of carbonyl (C=O) groups is 4. The second-order valence-electron chi connectivity index (χ2n) is 16.3. The van der Waals surface area contributed by atoms with Crippen molar-refractivity contribution in [3.05, 3.63) is 48.6 Å². The number of sulfonamides is 1. The van der Waals surface area contributed by atoms with E-state index in [0.29, 0.717) is 49.4 Å². The van der Waals surface area contributed by atoms with Gasteiger partial charge in [0.1, 0.15) is 35.6 Å². The lowest BCUT2D eigenvalue weighted by Gasteiger charge is -2.32. The van der Waals surface area contributed by atoms with Gasteiger partial charge in [-0.15, -0.1) is 6.58 Å². The molecule has 0 radical (unpaired) electrons. The van der Waals surface area contributed by atoms with Gasteiger partial charge in [0.25, 0.3) is 5.91 Å². The van der Waals surface area contributed by atoms with Gasteiger partial charge in [0, 0.05) is 35.3 Å². The smallest absolute Gasteiger partial charge is 0.408 e. The molecular formula is C41H51N5O10S. The molecule has 7 atom stereocenters. The minimum atomic E-state index is -3.91. The Morgan fingerprint density at radius 2 is 1.84 bits per heavy atom. The highest BCUT2D eigenvalue weighted by atomic mass is 32.2. The molecule has 3 N–H and O–H groups in total. The number of nitrogens with zero attached hydrogens (tertiary/aromatic N) is 2. The topological polar surface area (TPSA) is 192 Å². The molecule has 1 unspecified atom stereocenters. The van der Waals surface area contributed by atoms with Crippen LogP contribution in [0.15, 0.2) is 43.0 Å². The number of aromatic nitrogens is 1. The molecule has 6 aliphatic rings. The summed E-state index contributed by atoms with van der Waals surface area (Å²) in [5.41, 5.74) is -0.191. The van der Waals surface area contributed by atoms with Gasteiger partial charge in [-0.2, -0.15) is 0 Å². The van der Waals surface area contributed by atoms with Crippen molar-refractivity contribution in [3.63, 3.8) is 0 Å². The van der Waals surface area contributed by atoms with Crippen LogP contribution in [0.1, 0.15) is 76.2 Å². The van der Waals surface area contributed by atoms with Crippen molar-refractivity contribution in [1.82, 2.24) is 25.2 Å². The number of nitrogens with one attached hydrogen (secondary N) is 3. The van der Waals surface area contributed by atoms with Crippen molar-refractivity contribution in [2.24, 2.45) is 17.8 Å². The van der Waals surface area contributed by atoms with Gasteiger partial charge in [-0.3, -0.25) is 19.1 Å². The molecule has 2 aromatic rings. The minimum Gasteiger partial charge on any atom is -0.497 e. The maximum atomic E-state index is 14.8. The average Bonchev–Trinajstić information content (AvgIpc) is 3.98. The van der Waals surface area contributed by atoms with E-state index < -0.39 is 74.8 Å². The maximum absolute atomic E-state index is 14.8. The van der Waals surface area contributed by atoms with Gasteiger partial charge in [0.2, 0.25) is 27.7 Å². The number of ether oxygens (including phenoxy) is 4. The van der Waals surface area contributed by atoms with Gasteiger partial charge in [0.05, 0.1) is 37.6 Å². The quantitative estimate of drug-likeness (QED) is 0.330. The van der Waals surface area contributed by atoms with Crippen LogP contribution in [0.4, 0.5) is 4.79 Å². The predicted molar refractivity (Wildman–Crippen MR) is 208 cm³/mol. The predicted octanol–water partition coefficient (Wildman–Crippen LogP) is 3.76. The van der Waals surface area contributed by atoms with Crippen LogP contribution in [0.5, 0.6) is 11.6 Å².